The highest BCUT2D eigenvalue weighted by atomic mass is 33.1. The van der Waals surface area contributed by atoms with Gasteiger partial charge in [0.05, 0.1) is 0 Å². The third-order valence-electron chi connectivity index (χ3n) is 9.13. The van der Waals surface area contributed by atoms with Crippen molar-refractivity contribution in [1.29, 1.82) is 0 Å². The van der Waals surface area contributed by atoms with Crippen molar-refractivity contribution in [3.63, 3.8) is 0 Å². The molecule has 0 unspecified atom stereocenters. The zero-order valence-corrected chi connectivity index (χ0v) is 30.3. The number of rotatable bonds is 13. The topological polar surface area (TPSA) is 58.2 Å². The van der Waals surface area contributed by atoms with Gasteiger partial charge in [0.25, 0.3) is 0 Å². The molecular formula is C40H48N2O2S2. The Labute approximate surface area is 284 Å². The maximum absolute atomic E-state index is 12.6. The number of hydrogen-bond donors (Lipinski definition) is 2. The molecule has 0 aromatic heterocycles. The lowest BCUT2D eigenvalue weighted by Gasteiger charge is -2.16. The van der Waals surface area contributed by atoms with Crippen LogP contribution >= 0.6 is 21.6 Å². The predicted molar refractivity (Wildman–Crippen MR) is 199 cm³/mol. The van der Waals surface area contributed by atoms with Gasteiger partial charge in [0, 0.05) is 37.4 Å². The number of carbonyl (C=O) groups is 2. The van der Waals surface area contributed by atoms with E-state index < -0.39 is 0 Å². The number of hydrogen-bond acceptors (Lipinski definition) is 4. The average Bonchev–Trinajstić information content (AvgIpc) is 3.02. The van der Waals surface area contributed by atoms with Gasteiger partial charge >= 0.3 is 0 Å². The van der Waals surface area contributed by atoms with Crippen molar-refractivity contribution in [2.45, 2.75) is 81.3 Å². The van der Waals surface area contributed by atoms with Crippen LogP contribution in [0.1, 0.15) is 68.5 Å². The lowest BCUT2D eigenvalue weighted by atomic mass is 9.90. The van der Waals surface area contributed by atoms with Crippen LogP contribution in [-0.2, 0) is 22.7 Å². The third-order valence-corrected chi connectivity index (χ3v) is 11.5. The van der Waals surface area contributed by atoms with Gasteiger partial charge in [-0.15, -0.1) is 0 Å². The Morgan fingerprint density at radius 1 is 0.500 bits per heavy atom. The molecule has 6 heteroatoms. The number of benzene rings is 4. The first-order valence-electron chi connectivity index (χ1n) is 16.1. The molecule has 0 radical (unpaired) electrons. The van der Waals surface area contributed by atoms with Gasteiger partial charge < -0.3 is 10.6 Å². The van der Waals surface area contributed by atoms with Gasteiger partial charge in [-0.05, 0) is 145 Å². The van der Waals surface area contributed by atoms with Crippen molar-refractivity contribution < 1.29 is 9.59 Å². The number of nitrogens with one attached hydrogen (secondary N) is 2. The van der Waals surface area contributed by atoms with E-state index >= 15 is 0 Å². The Balaban J connectivity index is 1.17. The molecule has 4 aromatic rings. The van der Waals surface area contributed by atoms with Crippen LogP contribution in [0.25, 0.3) is 22.3 Å². The lowest BCUT2D eigenvalue weighted by Crippen LogP contribution is -2.23. The van der Waals surface area contributed by atoms with Crippen LogP contribution in [0.5, 0.6) is 0 Å². The Morgan fingerprint density at radius 2 is 0.870 bits per heavy atom. The summed E-state index contributed by atoms with van der Waals surface area (Å²) in [6, 6.07) is 21.6. The van der Waals surface area contributed by atoms with Crippen molar-refractivity contribution in [1.82, 2.24) is 10.6 Å². The molecule has 0 fully saturated rings. The number of carbonyl (C=O) groups excluding carboxylic acids is 2. The van der Waals surface area contributed by atoms with Crippen molar-refractivity contribution in [2.24, 2.45) is 0 Å². The van der Waals surface area contributed by atoms with Gasteiger partial charge in [0.1, 0.15) is 0 Å². The average molecular weight is 653 g/mol. The fourth-order valence-electron chi connectivity index (χ4n) is 5.68. The molecule has 0 bridgehead atoms. The fourth-order valence-corrected chi connectivity index (χ4v) is 7.66. The van der Waals surface area contributed by atoms with E-state index in [1.54, 1.807) is 21.6 Å². The summed E-state index contributed by atoms with van der Waals surface area (Å²) >= 11 is 0. The van der Waals surface area contributed by atoms with Gasteiger partial charge in [0.15, 0.2) is 0 Å². The van der Waals surface area contributed by atoms with Gasteiger partial charge in [0.2, 0.25) is 11.8 Å². The molecule has 0 heterocycles. The zero-order valence-electron chi connectivity index (χ0n) is 28.6. The normalized spacial score (nSPS) is 11.0. The fraction of sp³-hybridized carbons (Fsp3) is 0.350. The number of amides is 2. The second-order valence-corrected chi connectivity index (χ2v) is 15.1. The molecule has 4 aromatic carbocycles. The first kappa shape index (κ1) is 35.4. The second-order valence-electron chi connectivity index (χ2n) is 12.4. The molecule has 0 saturated carbocycles. The molecule has 0 saturated heterocycles. The largest absolute Gasteiger partial charge is 0.352 e. The maximum Gasteiger partial charge on any atom is 0.221 e. The summed E-state index contributed by atoms with van der Waals surface area (Å²) in [5.41, 5.74) is 17.4. The summed E-state index contributed by atoms with van der Waals surface area (Å²) < 4.78 is 0. The Bertz CT molecular complexity index is 1600. The van der Waals surface area contributed by atoms with Crippen LogP contribution < -0.4 is 10.6 Å². The molecule has 0 spiro atoms. The smallest absolute Gasteiger partial charge is 0.221 e. The van der Waals surface area contributed by atoms with E-state index in [1.165, 1.54) is 66.8 Å². The SMILES string of the molecule is Cc1cccc(-c2cc(CNC(=O)CCSSCCC(=O)NCc3cc(C)c(C)c(-c4cccc(C)c4C)c3)cc(C)c2C)c1C. The first-order valence-corrected chi connectivity index (χ1v) is 18.6. The summed E-state index contributed by atoms with van der Waals surface area (Å²) in [6.07, 6.45) is 0.905. The Kier molecular flexibility index (Phi) is 12.6. The lowest BCUT2D eigenvalue weighted by molar-refractivity contribution is -0.121. The van der Waals surface area contributed by atoms with Crippen molar-refractivity contribution in [2.75, 3.05) is 11.5 Å². The van der Waals surface area contributed by atoms with E-state index in [2.05, 4.69) is 127 Å². The minimum atomic E-state index is 0.0472. The molecule has 2 amide bonds. The summed E-state index contributed by atoms with van der Waals surface area (Å²) in [5, 5.41) is 6.19. The van der Waals surface area contributed by atoms with E-state index in [4.69, 9.17) is 0 Å². The zero-order chi connectivity index (χ0) is 33.4. The van der Waals surface area contributed by atoms with Crippen molar-refractivity contribution in [3.05, 3.63) is 116 Å². The third kappa shape index (κ3) is 9.07. The molecule has 2 N–H and O–H groups in total. The van der Waals surface area contributed by atoms with Crippen molar-refractivity contribution in [3.8, 4) is 22.3 Å². The van der Waals surface area contributed by atoms with Crippen LogP contribution in [0.3, 0.4) is 0 Å². The van der Waals surface area contributed by atoms with E-state index in [0.29, 0.717) is 37.4 Å². The molecule has 4 rings (SSSR count). The summed E-state index contributed by atoms with van der Waals surface area (Å²) in [4.78, 5) is 25.2. The van der Waals surface area contributed by atoms with Gasteiger partial charge in [-0.1, -0.05) is 70.1 Å². The highest BCUT2D eigenvalue weighted by Gasteiger charge is 2.13. The molecule has 0 aliphatic carbocycles. The molecular weight excluding hydrogens is 605 g/mol. The van der Waals surface area contributed by atoms with Gasteiger partial charge in [-0.25, -0.2) is 0 Å². The molecule has 242 valence electrons. The minimum Gasteiger partial charge on any atom is -0.352 e. The summed E-state index contributed by atoms with van der Waals surface area (Å²) in [5.74, 6) is 1.52. The van der Waals surface area contributed by atoms with Gasteiger partial charge in [-0.3, -0.25) is 9.59 Å². The highest BCUT2D eigenvalue weighted by molar-refractivity contribution is 8.76. The quantitative estimate of drug-likeness (QED) is 0.112. The molecule has 4 nitrogen and oxygen atoms in total. The standard InChI is InChI=1S/C40H48N2O2S2/c1-25-11-9-13-35(29(25)5)37-21-33(19-27(3)31(37)7)23-41-39(43)15-17-45-46-18-16-40(44)42-24-34-20-28(4)32(8)38(22-34)36-14-10-12-26(2)30(36)6/h9-14,19-22H,15-18,23-24H2,1-8H3,(H,41,43)(H,42,44). The monoisotopic (exact) mass is 652 g/mol. The highest BCUT2D eigenvalue weighted by Crippen LogP contribution is 2.32. The molecule has 46 heavy (non-hydrogen) atoms. The van der Waals surface area contributed by atoms with Gasteiger partial charge in [-0.2, -0.15) is 0 Å². The van der Waals surface area contributed by atoms with Crippen LogP contribution in [0.15, 0.2) is 60.7 Å². The maximum atomic E-state index is 12.6. The van der Waals surface area contributed by atoms with Crippen LogP contribution in [0.4, 0.5) is 0 Å². The molecule has 0 atom stereocenters. The summed E-state index contributed by atoms with van der Waals surface area (Å²) in [6.45, 7) is 18.3. The predicted octanol–water partition coefficient (Wildman–Crippen LogP) is 9.58. The van der Waals surface area contributed by atoms with E-state index in [-0.39, 0.29) is 11.8 Å². The van der Waals surface area contributed by atoms with Crippen molar-refractivity contribution >= 4 is 33.4 Å². The first-order chi connectivity index (χ1) is 22.0. The van der Waals surface area contributed by atoms with E-state index in [1.807, 2.05) is 0 Å². The van der Waals surface area contributed by atoms with Crippen LogP contribution in [-0.4, -0.2) is 23.3 Å². The molecule has 0 aliphatic rings. The Hall–Kier alpha value is -3.48. The number of aryl methyl sites for hydroxylation is 4. The Morgan fingerprint density at radius 3 is 1.26 bits per heavy atom. The van der Waals surface area contributed by atoms with Crippen LogP contribution in [0, 0.1) is 55.4 Å². The van der Waals surface area contributed by atoms with Crippen LogP contribution in [0.2, 0.25) is 0 Å². The minimum absolute atomic E-state index is 0.0472. The van der Waals surface area contributed by atoms with E-state index in [9.17, 15) is 9.59 Å². The van der Waals surface area contributed by atoms with E-state index in [0.717, 1.165) is 11.1 Å². The summed E-state index contributed by atoms with van der Waals surface area (Å²) in [7, 11) is 3.30. The second kappa shape index (κ2) is 16.4. The molecule has 0 aliphatic heterocycles.